The van der Waals surface area contributed by atoms with E-state index in [2.05, 4.69) is 15.6 Å². The van der Waals surface area contributed by atoms with Crippen molar-refractivity contribution in [3.8, 4) is 0 Å². The lowest BCUT2D eigenvalue weighted by Crippen LogP contribution is -2.37. The maximum absolute atomic E-state index is 12.1. The molecule has 2 heterocycles. The Morgan fingerprint density at radius 3 is 2.95 bits per heavy atom. The molecule has 8 heteroatoms. The van der Waals surface area contributed by atoms with Crippen LogP contribution in [0, 0.1) is 0 Å². The van der Waals surface area contributed by atoms with Crippen LogP contribution < -0.4 is 10.6 Å². The summed E-state index contributed by atoms with van der Waals surface area (Å²) >= 11 is 0. The molecule has 0 spiro atoms. The highest BCUT2D eigenvalue weighted by molar-refractivity contribution is 5.98. The predicted molar refractivity (Wildman–Crippen MR) is 69.4 cm³/mol. The molecule has 8 nitrogen and oxygen atoms in total. The lowest BCUT2D eigenvalue weighted by atomic mass is 10.3. The summed E-state index contributed by atoms with van der Waals surface area (Å²) in [7, 11) is 0. The van der Waals surface area contributed by atoms with Crippen LogP contribution in [0.15, 0.2) is 18.3 Å². The predicted octanol–water partition coefficient (Wildman–Crippen LogP) is 0.134. The lowest BCUT2D eigenvalue weighted by Gasteiger charge is -2.20. The van der Waals surface area contributed by atoms with E-state index in [9.17, 15) is 14.4 Å². The highest BCUT2D eigenvalue weighted by atomic mass is 16.4. The number of pyridine rings is 1. The number of aromatic carboxylic acids is 1. The average Bonchev–Trinajstić information content (AvgIpc) is 2.64. The summed E-state index contributed by atoms with van der Waals surface area (Å²) in [6, 6.07) is 2.56. The minimum atomic E-state index is -1.21. The topological polar surface area (TPSA) is 112 Å². The SMILES string of the molecule is O=C1CCN(C(=O)Nc2cccnc2C(=O)O)CCN1. The summed E-state index contributed by atoms with van der Waals surface area (Å²) in [4.78, 5) is 39.4. The number of hydrogen-bond acceptors (Lipinski definition) is 4. The van der Waals surface area contributed by atoms with Gasteiger partial charge in [0.2, 0.25) is 5.91 Å². The summed E-state index contributed by atoms with van der Waals surface area (Å²) < 4.78 is 0. The largest absolute Gasteiger partial charge is 0.476 e. The van der Waals surface area contributed by atoms with E-state index in [1.807, 2.05) is 0 Å². The molecule has 0 radical (unpaired) electrons. The molecule has 106 valence electrons. The molecule has 0 aliphatic carbocycles. The lowest BCUT2D eigenvalue weighted by molar-refractivity contribution is -0.120. The van der Waals surface area contributed by atoms with E-state index in [0.717, 1.165) is 0 Å². The fraction of sp³-hybridized carbons (Fsp3) is 0.333. The van der Waals surface area contributed by atoms with Crippen molar-refractivity contribution in [2.75, 3.05) is 25.0 Å². The summed E-state index contributed by atoms with van der Waals surface area (Å²) in [5.41, 5.74) is -0.0848. The first-order chi connectivity index (χ1) is 9.58. The molecule has 0 bridgehead atoms. The fourth-order valence-corrected chi connectivity index (χ4v) is 1.84. The molecule has 1 saturated heterocycles. The second kappa shape index (κ2) is 6.00. The average molecular weight is 278 g/mol. The normalized spacial score (nSPS) is 15.2. The van der Waals surface area contributed by atoms with Crippen LogP contribution in [0.5, 0.6) is 0 Å². The van der Waals surface area contributed by atoms with Gasteiger partial charge in [0.15, 0.2) is 5.69 Å². The van der Waals surface area contributed by atoms with Crippen molar-refractivity contribution in [2.45, 2.75) is 6.42 Å². The van der Waals surface area contributed by atoms with Crippen molar-refractivity contribution in [3.63, 3.8) is 0 Å². The maximum atomic E-state index is 12.1. The van der Waals surface area contributed by atoms with Crippen LogP contribution in [0.25, 0.3) is 0 Å². The summed E-state index contributed by atoms with van der Waals surface area (Å²) in [6.07, 6.45) is 1.57. The number of nitrogens with zero attached hydrogens (tertiary/aromatic N) is 2. The number of aromatic nitrogens is 1. The monoisotopic (exact) mass is 278 g/mol. The van der Waals surface area contributed by atoms with Crippen LogP contribution in [-0.2, 0) is 4.79 Å². The first-order valence-electron chi connectivity index (χ1n) is 6.09. The summed E-state index contributed by atoms with van der Waals surface area (Å²) in [6.45, 7) is 1.05. The van der Waals surface area contributed by atoms with Gasteiger partial charge in [-0.2, -0.15) is 0 Å². The van der Waals surface area contributed by atoms with Crippen molar-refractivity contribution in [1.82, 2.24) is 15.2 Å². The third kappa shape index (κ3) is 3.22. The number of carbonyl (C=O) groups is 3. The number of urea groups is 1. The van der Waals surface area contributed by atoms with Crippen LogP contribution in [-0.4, -0.2) is 52.5 Å². The molecule has 20 heavy (non-hydrogen) atoms. The van der Waals surface area contributed by atoms with Crippen molar-refractivity contribution in [3.05, 3.63) is 24.0 Å². The van der Waals surface area contributed by atoms with Crippen molar-refractivity contribution in [1.29, 1.82) is 0 Å². The smallest absolute Gasteiger partial charge is 0.356 e. The first-order valence-corrected chi connectivity index (χ1v) is 6.09. The van der Waals surface area contributed by atoms with E-state index in [-0.39, 0.29) is 23.7 Å². The Morgan fingerprint density at radius 2 is 2.20 bits per heavy atom. The van der Waals surface area contributed by atoms with Crippen LogP contribution >= 0.6 is 0 Å². The number of anilines is 1. The van der Waals surface area contributed by atoms with Gasteiger partial charge >= 0.3 is 12.0 Å². The van der Waals surface area contributed by atoms with E-state index in [1.54, 1.807) is 0 Å². The van der Waals surface area contributed by atoms with E-state index in [0.29, 0.717) is 19.6 Å². The van der Waals surface area contributed by atoms with Gasteiger partial charge in [0.05, 0.1) is 5.69 Å². The number of carboxylic acids is 1. The molecule has 0 atom stereocenters. The molecule has 1 aromatic rings. The molecule has 3 N–H and O–H groups in total. The highest BCUT2D eigenvalue weighted by Crippen LogP contribution is 2.13. The van der Waals surface area contributed by atoms with Gasteiger partial charge in [0.1, 0.15) is 0 Å². The van der Waals surface area contributed by atoms with E-state index < -0.39 is 12.0 Å². The maximum Gasteiger partial charge on any atom is 0.356 e. The Hall–Kier alpha value is -2.64. The van der Waals surface area contributed by atoms with E-state index >= 15 is 0 Å². The Morgan fingerprint density at radius 1 is 1.40 bits per heavy atom. The second-order valence-corrected chi connectivity index (χ2v) is 4.22. The van der Waals surface area contributed by atoms with Crippen molar-refractivity contribution in [2.24, 2.45) is 0 Å². The molecular weight excluding hydrogens is 264 g/mol. The van der Waals surface area contributed by atoms with Gasteiger partial charge < -0.3 is 20.6 Å². The quantitative estimate of drug-likeness (QED) is 0.712. The molecule has 1 aliphatic rings. The third-order valence-electron chi connectivity index (χ3n) is 2.85. The number of carbonyl (C=O) groups excluding carboxylic acids is 2. The standard InChI is InChI=1S/C12H14N4O4/c17-9-3-6-16(7-5-13-9)12(20)15-8-2-1-4-14-10(8)11(18)19/h1-2,4H,3,5-7H2,(H,13,17)(H,15,20)(H,18,19). The molecule has 0 unspecified atom stereocenters. The number of nitrogens with one attached hydrogen (secondary N) is 2. The Labute approximate surface area is 114 Å². The van der Waals surface area contributed by atoms with Gasteiger partial charge in [-0.1, -0.05) is 0 Å². The number of carboxylic acid groups (broad SMARTS) is 1. The highest BCUT2D eigenvalue weighted by Gasteiger charge is 2.20. The second-order valence-electron chi connectivity index (χ2n) is 4.22. The summed E-state index contributed by atoms with van der Waals surface area (Å²) in [5, 5.41) is 14.2. The molecule has 0 saturated carbocycles. The fourth-order valence-electron chi connectivity index (χ4n) is 1.84. The molecule has 1 aliphatic heterocycles. The van der Waals surface area contributed by atoms with Crippen molar-refractivity contribution >= 4 is 23.6 Å². The number of amides is 3. The zero-order valence-corrected chi connectivity index (χ0v) is 10.6. The van der Waals surface area contributed by atoms with Crippen molar-refractivity contribution < 1.29 is 19.5 Å². The van der Waals surface area contributed by atoms with Gasteiger partial charge in [0, 0.05) is 32.3 Å². The van der Waals surface area contributed by atoms with Crippen LogP contribution in [0.3, 0.4) is 0 Å². The molecule has 3 amide bonds. The Kier molecular flexibility index (Phi) is 4.14. The number of hydrogen-bond donors (Lipinski definition) is 3. The van der Waals surface area contributed by atoms with Gasteiger partial charge in [0.25, 0.3) is 0 Å². The Balaban J connectivity index is 2.08. The van der Waals surface area contributed by atoms with E-state index in [4.69, 9.17) is 5.11 Å². The van der Waals surface area contributed by atoms with Gasteiger partial charge in [-0.3, -0.25) is 4.79 Å². The van der Waals surface area contributed by atoms with Crippen LogP contribution in [0.4, 0.5) is 10.5 Å². The Bertz CT molecular complexity index is 546. The molecular formula is C12H14N4O4. The van der Waals surface area contributed by atoms with Crippen LogP contribution in [0.1, 0.15) is 16.9 Å². The van der Waals surface area contributed by atoms with Gasteiger partial charge in [-0.05, 0) is 12.1 Å². The minimum Gasteiger partial charge on any atom is -0.476 e. The molecule has 2 rings (SSSR count). The summed E-state index contributed by atoms with van der Waals surface area (Å²) in [5.74, 6) is -1.32. The first kappa shape index (κ1) is 13.8. The van der Waals surface area contributed by atoms with E-state index in [1.165, 1.54) is 23.2 Å². The van der Waals surface area contributed by atoms with Crippen LogP contribution in [0.2, 0.25) is 0 Å². The third-order valence-corrected chi connectivity index (χ3v) is 2.85. The zero-order valence-electron chi connectivity index (χ0n) is 10.6. The van der Waals surface area contributed by atoms with Gasteiger partial charge in [-0.15, -0.1) is 0 Å². The molecule has 1 aromatic heterocycles. The van der Waals surface area contributed by atoms with Gasteiger partial charge in [-0.25, -0.2) is 14.6 Å². The molecule has 0 aromatic carbocycles. The number of rotatable bonds is 2. The molecule has 1 fully saturated rings. The zero-order chi connectivity index (χ0) is 14.5. The minimum absolute atomic E-state index is 0.104.